The van der Waals surface area contributed by atoms with E-state index in [4.69, 9.17) is 11.6 Å². The number of benzene rings is 1. The summed E-state index contributed by atoms with van der Waals surface area (Å²) in [5.74, 6) is -0.136. The number of hydrogen-bond acceptors (Lipinski definition) is 2. The highest BCUT2D eigenvalue weighted by Crippen LogP contribution is 2.33. The van der Waals surface area contributed by atoms with Crippen molar-refractivity contribution in [2.75, 3.05) is 11.4 Å². The third-order valence-electron chi connectivity index (χ3n) is 3.88. The molecule has 0 bridgehead atoms. The third-order valence-corrected chi connectivity index (χ3v) is 4.13. The molecule has 1 fully saturated rings. The molecule has 0 unspecified atom stereocenters. The Morgan fingerprint density at radius 1 is 1.21 bits per heavy atom. The van der Waals surface area contributed by atoms with Crippen molar-refractivity contribution in [3.63, 3.8) is 0 Å². The molecule has 0 radical (unpaired) electrons. The zero-order valence-corrected chi connectivity index (χ0v) is 11.8. The van der Waals surface area contributed by atoms with Crippen molar-refractivity contribution in [1.82, 2.24) is 5.32 Å². The lowest BCUT2D eigenvalue weighted by Gasteiger charge is -2.39. The molecule has 1 aromatic rings. The number of nitrogens with zero attached hydrogens (tertiary/aromatic N) is 1. The fourth-order valence-electron chi connectivity index (χ4n) is 2.36. The summed E-state index contributed by atoms with van der Waals surface area (Å²) in [6, 6.07) is 6.34. The highest BCUT2D eigenvalue weighted by atomic mass is 35.5. The second kappa shape index (κ2) is 5.21. The van der Waals surface area contributed by atoms with Gasteiger partial charge >= 0.3 is 6.03 Å². The molecule has 0 saturated carbocycles. The van der Waals surface area contributed by atoms with Crippen molar-refractivity contribution >= 4 is 29.2 Å². The molecular weight excluding hydrogens is 264 g/mol. The van der Waals surface area contributed by atoms with Gasteiger partial charge < -0.3 is 5.32 Å². The molecule has 102 valence electrons. The van der Waals surface area contributed by atoms with E-state index in [1.54, 1.807) is 24.3 Å². The standard InChI is InChI=1S/C14H17ClN2O2/c1-3-14(4-2)9-16-13(19)17(12(14)18)11-7-5-10(15)6-8-11/h5-8H,3-4,9H2,1-2H3,(H,16,19). The maximum Gasteiger partial charge on any atom is 0.328 e. The Hall–Kier alpha value is -1.55. The van der Waals surface area contributed by atoms with Gasteiger partial charge in [0.1, 0.15) is 0 Å². The average Bonchev–Trinajstić information content (AvgIpc) is 2.42. The van der Waals surface area contributed by atoms with Crippen LogP contribution in [0.3, 0.4) is 0 Å². The fraction of sp³-hybridized carbons (Fsp3) is 0.429. The van der Waals surface area contributed by atoms with Crippen LogP contribution in [0, 0.1) is 5.41 Å². The monoisotopic (exact) mass is 280 g/mol. The number of halogens is 1. The van der Waals surface area contributed by atoms with Gasteiger partial charge in [-0.25, -0.2) is 9.69 Å². The van der Waals surface area contributed by atoms with Gasteiger partial charge in [-0.15, -0.1) is 0 Å². The second-order valence-electron chi connectivity index (χ2n) is 4.76. The summed E-state index contributed by atoms with van der Waals surface area (Å²) in [5.41, 5.74) is 0.0472. The number of imide groups is 1. The highest BCUT2D eigenvalue weighted by Gasteiger charge is 2.45. The summed E-state index contributed by atoms with van der Waals surface area (Å²) in [6.45, 7) is 4.35. The number of hydrogen-bond donors (Lipinski definition) is 1. The zero-order valence-electron chi connectivity index (χ0n) is 11.1. The molecule has 1 heterocycles. The number of rotatable bonds is 3. The van der Waals surface area contributed by atoms with Crippen LogP contribution >= 0.6 is 11.6 Å². The number of amides is 3. The Labute approximate surface area is 117 Å². The summed E-state index contributed by atoms with van der Waals surface area (Å²) < 4.78 is 0. The molecule has 3 amide bonds. The Kier molecular flexibility index (Phi) is 3.80. The van der Waals surface area contributed by atoms with Gasteiger partial charge in [-0.2, -0.15) is 0 Å². The van der Waals surface area contributed by atoms with Crippen molar-refractivity contribution in [3.8, 4) is 0 Å². The van der Waals surface area contributed by atoms with Crippen molar-refractivity contribution in [1.29, 1.82) is 0 Å². The summed E-state index contributed by atoms with van der Waals surface area (Å²) in [7, 11) is 0. The van der Waals surface area contributed by atoms with Gasteiger partial charge in [0.15, 0.2) is 0 Å². The Morgan fingerprint density at radius 3 is 2.32 bits per heavy atom. The van der Waals surface area contributed by atoms with E-state index in [-0.39, 0.29) is 11.9 Å². The van der Waals surface area contributed by atoms with Gasteiger partial charge in [0, 0.05) is 11.6 Å². The Balaban J connectivity index is 2.39. The maximum atomic E-state index is 12.6. The summed E-state index contributed by atoms with van der Waals surface area (Å²) in [6.07, 6.45) is 1.40. The van der Waals surface area contributed by atoms with E-state index < -0.39 is 5.41 Å². The van der Waals surface area contributed by atoms with Crippen molar-refractivity contribution in [3.05, 3.63) is 29.3 Å². The molecule has 1 aliphatic rings. The Bertz CT molecular complexity index is 495. The molecule has 0 atom stereocenters. The van der Waals surface area contributed by atoms with Gasteiger partial charge in [0.25, 0.3) is 0 Å². The fourth-order valence-corrected chi connectivity index (χ4v) is 2.48. The molecule has 19 heavy (non-hydrogen) atoms. The first-order chi connectivity index (χ1) is 9.04. The normalized spacial score (nSPS) is 18.4. The van der Waals surface area contributed by atoms with Crippen LogP contribution in [0.1, 0.15) is 26.7 Å². The van der Waals surface area contributed by atoms with E-state index in [1.165, 1.54) is 4.90 Å². The molecular formula is C14H17ClN2O2. The van der Waals surface area contributed by atoms with Gasteiger partial charge in [-0.1, -0.05) is 25.4 Å². The van der Waals surface area contributed by atoms with Crippen molar-refractivity contribution < 1.29 is 9.59 Å². The summed E-state index contributed by atoms with van der Waals surface area (Å²) in [4.78, 5) is 25.8. The predicted molar refractivity (Wildman–Crippen MR) is 75.4 cm³/mol. The molecule has 5 heteroatoms. The number of anilines is 1. The molecule has 2 rings (SSSR count). The minimum absolute atomic E-state index is 0.136. The largest absolute Gasteiger partial charge is 0.336 e. The van der Waals surface area contributed by atoms with Crippen molar-refractivity contribution in [2.45, 2.75) is 26.7 Å². The average molecular weight is 281 g/mol. The summed E-state index contributed by atoms with van der Waals surface area (Å²) in [5, 5.41) is 3.38. The van der Waals surface area contributed by atoms with Crippen LogP contribution in [0.15, 0.2) is 24.3 Å². The van der Waals surface area contributed by atoms with E-state index in [0.29, 0.717) is 30.1 Å². The first-order valence-corrected chi connectivity index (χ1v) is 6.80. The van der Waals surface area contributed by atoms with Crippen LogP contribution in [-0.2, 0) is 4.79 Å². The maximum absolute atomic E-state index is 12.6. The van der Waals surface area contributed by atoms with Gasteiger partial charge in [-0.3, -0.25) is 4.79 Å². The van der Waals surface area contributed by atoms with Crippen LogP contribution in [0.5, 0.6) is 0 Å². The highest BCUT2D eigenvalue weighted by molar-refractivity contribution is 6.30. The topological polar surface area (TPSA) is 49.4 Å². The van der Waals surface area contributed by atoms with Crippen LogP contribution < -0.4 is 10.2 Å². The SMILES string of the molecule is CCC1(CC)CNC(=O)N(c2ccc(Cl)cc2)C1=O. The van der Waals surface area contributed by atoms with Gasteiger partial charge in [0.2, 0.25) is 5.91 Å². The quantitative estimate of drug-likeness (QED) is 0.924. The smallest absolute Gasteiger partial charge is 0.328 e. The molecule has 1 aromatic carbocycles. The molecule has 0 aromatic heterocycles. The van der Waals surface area contributed by atoms with Gasteiger partial charge in [0.05, 0.1) is 11.1 Å². The minimum Gasteiger partial charge on any atom is -0.336 e. The lowest BCUT2D eigenvalue weighted by molar-refractivity contribution is -0.128. The molecule has 1 N–H and O–H groups in total. The van der Waals surface area contributed by atoms with E-state index in [2.05, 4.69) is 5.32 Å². The van der Waals surface area contributed by atoms with Gasteiger partial charge in [-0.05, 0) is 37.1 Å². The van der Waals surface area contributed by atoms with E-state index in [9.17, 15) is 9.59 Å². The Morgan fingerprint density at radius 2 is 1.79 bits per heavy atom. The first kappa shape index (κ1) is 13.9. The predicted octanol–water partition coefficient (Wildman–Crippen LogP) is 3.20. The number of carbonyl (C=O) groups excluding carboxylic acids is 2. The number of nitrogens with one attached hydrogen (secondary N) is 1. The van der Waals surface area contributed by atoms with E-state index >= 15 is 0 Å². The van der Waals surface area contributed by atoms with Crippen molar-refractivity contribution in [2.24, 2.45) is 5.41 Å². The van der Waals surface area contributed by atoms with E-state index in [0.717, 1.165) is 0 Å². The zero-order chi connectivity index (χ0) is 14.0. The molecule has 4 nitrogen and oxygen atoms in total. The van der Waals surface area contributed by atoms with Crippen LogP contribution in [0.4, 0.5) is 10.5 Å². The molecule has 0 aliphatic carbocycles. The first-order valence-electron chi connectivity index (χ1n) is 6.42. The lowest BCUT2D eigenvalue weighted by atomic mass is 9.79. The second-order valence-corrected chi connectivity index (χ2v) is 5.20. The number of urea groups is 1. The molecule has 1 aliphatic heterocycles. The molecule has 1 saturated heterocycles. The molecule has 0 spiro atoms. The van der Waals surface area contributed by atoms with E-state index in [1.807, 2.05) is 13.8 Å². The lowest BCUT2D eigenvalue weighted by Crippen LogP contribution is -2.60. The van der Waals surface area contributed by atoms with Crippen LogP contribution in [0.25, 0.3) is 0 Å². The van der Waals surface area contributed by atoms with Crippen LogP contribution in [0.2, 0.25) is 5.02 Å². The van der Waals surface area contributed by atoms with Crippen LogP contribution in [-0.4, -0.2) is 18.5 Å². The third kappa shape index (κ3) is 2.32. The summed E-state index contributed by atoms with van der Waals surface area (Å²) >= 11 is 5.83. The minimum atomic E-state index is -0.506. The number of carbonyl (C=O) groups is 2.